The fourth-order valence-electron chi connectivity index (χ4n) is 1.89. The summed E-state index contributed by atoms with van der Waals surface area (Å²) in [7, 11) is 1.33. The number of carbonyl (C=O) groups is 1. The second-order valence-corrected chi connectivity index (χ2v) is 4.56. The molecule has 5 heteroatoms. The molecule has 0 spiro atoms. The molecule has 4 nitrogen and oxygen atoms in total. The number of hydrogen-bond acceptors (Lipinski definition) is 4. The molecule has 0 saturated heterocycles. The number of pyridine rings is 1. The molecule has 0 saturated carbocycles. The van der Waals surface area contributed by atoms with Crippen molar-refractivity contribution in [2.75, 3.05) is 13.7 Å². The summed E-state index contributed by atoms with van der Waals surface area (Å²) in [6.07, 6.45) is 0.700. The first-order chi connectivity index (χ1) is 10.2. The predicted molar refractivity (Wildman–Crippen MR) is 77.4 cm³/mol. The van der Waals surface area contributed by atoms with Crippen LogP contribution in [0, 0.1) is 5.82 Å². The average Bonchev–Trinajstić information content (AvgIpc) is 2.53. The van der Waals surface area contributed by atoms with Crippen LogP contribution in [0.1, 0.15) is 21.7 Å². The maximum absolute atomic E-state index is 12.8. The Balaban J connectivity index is 1.80. The van der Waals surface area contributed by atoms with E-state index in [0.29, 0.717) is 18.7 Å². The molecule has 0 aliphatic rings. The smallest absolute Gasteiger partial charge is 0.356 e. The Morgan fingerprint density at radius 1 is 1.24 bits per heavy atom. The van der Waals surface area contributed by atoms with E-state index in [2.05, 4.69) is 15.0 Å². The minimum Gasteiger partial charge on any atom is -0.464 e. The van der Waals surface area contributed by atoms with Crippen LogP contribution in [0.25, 0.3) is 0 Å². The zero-order valence-electron chi connectivity index (χ0n) is 11.8. The van der Waals surface area contributed by atoms with Gasteiger partial charge >= 0.3 is 5.97 Å². The zero-order chi connectivity index (χ0) is 15.1. The monoisotopic (exact) mass is 288 g/mol. The van der Waals surface area contributed by atoms with Crippen molar-refractivity contribution in [1.82, 2.24) is 10.3 Å². The van der Waals surface area contributed by atoms with Crippen molar-refractivity contribution >= 4 is 5.97 Å². The van der Waals surface area contributed by atoms with E-state index >= 15 is 0 Å². The Morgan fingerprint density at radius 2 is 2.00 bits per heavy atom. The first kappa shape index (κ1) is 15.1. The number of carbonyl (C=O) groups excluding carboxylic acids is 1. The maximum atomic E-state index is 12.8. The van der Waals surface area contributed by atoms with Crippen molar-refractivity contribution in [3.8, 4) is 0 Å². The summed E-state index contributed by atoms with van der Waals surface area (Å²) < 4.78 is 17.4. The fourth-order valence-corrected chi connectivity index (χ4v) is 1.89. The van der Waals surface area contributed by atoms with Gasteiger partial charge in [-0.15, -0.1) is 0 Å². The minimum absolute atomic E-state index is 0.234. The standard InChI is InChI=1S/C16H17FN2O2/c1-21-16(20)15-4-2-3-14(19-15)9-10-18-11-12-5-7-13(17)8-6-12/h2-8,18H,9-11H2,1H3. The third-order valence-electron chi connectivity index (χ3n) is 3.00. The first-order valence-corrected chi connectivity index (χ1v) is 6.68. The highest BCUT2D eigenvalue weighted by atomic mass is 19.1. The molecule has 0 fully saturated rings. The van der Waals surface area contributed by atoms with Gasteiger partial charge in [-0.2, -0.15) is 0 Å². The largest absolute Gasteiger partial charge is 0.464 e. The Bertz CT molecular complexity index is 599. The van der Waals surface area contributed by atoms with E-state index in [1.54, 1.807) is 24.3 Å². The number of nitrogens with one attached hydrogen (secondary N) is 1. The Kier molecular flexibility index (Phi) is 5.40. The van der Waals surface area contributed by atoms with E-state index in [1.165, 1.54) is 19.2 Å². The summed E-state index contributed by atoms with van der Waals surface area (Å²) in [5.41, 5.74) is 2.16. The number of ether oxygens (including phenoxy) is 1. The van der Waals surface area contributed by atoms with Crippen molar-refractivity contribution < 1.29 is 13.9 Å². The molecular formula is C16H17FN2O2. The molecule has 110 valence electrons. The second kappa shape index (κ2) is 7.50. The second-order valence-electron chi connectivity index (χ2n) is 4.56. The van der Waals surface area contributed by atoms with Crippen LogP contribution in [-0.4, -0.2) is 24.6 Å². The van der Waals surface area contributed by atoms with Crippen molar-refractivity contribution in [1.29, 1.82) is 0 Å². The van der Waals surface area contributed by atoms with Crippen molar-refractivity contribution in [3.63, 3.8) is 0 Å². The van der Waals surface area contributed by atoms with E-state index in [0.717, 1.165) is 17.8 Å². The quantitative estimate of drug-likeness (QED) is 0.655. The highest BCUT2D eigenvalue weighted by Gasteiger charge is 2.07. The molecule has 1 aromatic carbocycles. The molecule has 0 bridgehead atoms. The molecule has 2 aromatic rings. The van der Waals surface area contributed by atoms with E-state index in [1.807, 2.05) is 6.07 Å². The summed E-state index contributed by atoms with van der Waals surface area (Å²) in [5, 5.41) is 3.25. The number of hydrogen-bond donors (Lipinski definition) is 1. The van der Waals surface area contributed by atoms with Crippen LogP contribution in [0.2, 0.25) is 0 Å². The lowest BCUT2D eigenvalue weighted by molar-refractivity contribution is 0.0593. The molecule has 1 heterocycles. The number of rotatable bonds is 6. The summed E-state index contributed by atoms with van der Waals surface area (Å²) in [4.78, 5) is 15.6. The molecule has 1 aromatic heterocycles. The SMILES string of the molecule is COC(=O)c1cccc(CCNCc2ccc(F)cc2)n1. The van der Waals surface area contributed by atoms with Crippen LogP contribution in [-0.2, 0) is 17.7 Å². The van der Waals surface area contributed by atoms with E-state index in [4.69, 9.17) is 0 Å². The molecule has 0 amide bonds. The number of aromatic nitrogens is 1. The van der Waals surface area contributed by atoms with Gasteiger partial charge in [0.25, 0.3) is 0 Å². The van der Waals surface area contributed by atoms with Gasteiger partial charge in [-0.25, -0.2) is 14.2 Å². The van der Waals surface area contributed by atoms with Crippen LogP contribution < -0.4 is 5.32 Å². The third-order valence-corrected chi connectivity index (χ3v) is 3.00. The lowest BCUT2D eigenvalue weighted by atomic mass is 10.2. The highest BCUT2D eigenvalue weighted by molar-refractivity contribution is 5.87. The number of benzene rings is 1. The molecule has 0 aliphatic heterocycles. The van der Waals surface area contributed by atoms with Gasteiger partial charge in [0.05, 0.1) is 7.11 Å². The lowest BCUT2D eigenvalue weighted by Crippen LogP contribution is -2.17. The van der Waals surface area contributed by atoms with Gasteiger partial charge in [-0.3, -0.25) is 0 Å². The number of methoxy groups -OCH3 is 1. The molecule has 1 N–H and O–H groups in total. The first-order valence-electron chi connectivity index (χ1n) is 6.68. The van der Waals surface area contributed by atoms with Gasteiger partial charge in [-0.1, -0.05) is 18.2 Å². The molecule has 0 unspecified atom stereocenters. The van der Waals surface area contributed by atoms with Gasteiger partial charge < -0.3 is 10.1 Å². The molecule has 21 heavy (non-hydrogen) atoms. The zero-order valence-corrected chi connectivity index (χ0v) is 11.8. The highest BCUT2D eigenvalue weighted by Crippen LogP contribution is 2.03. The van der Waals surface area contributed by atoms with Crippen LogP contribution in [0.3, 0.4) is 0 Å². The van der Waals surface area contributed by atoms with Crippen LogP contribution in [0.15, 0.2) is 42.5 Å². The number of esters is 1. The molecular weight excluding hydrogens is 271 g/mol. The van der Waals surface area contributed by atoms with Crippen molar-refractivity contribution in [2.24, 2.45) is 0 Å². The van der Waals surface area contributed by atoms with Crippen molar-refractivity contribution in [2.45, 2.75) is 13.0 Å². The van der Waals surface area contributed by atoms with Gasteiger partial charge in [-0.05, 0) is 29.8 Å². The minimum atomic E-state index is -0.434. The third kappa shape index (κ3) is 4.65. The summed E-state index contributed by atoms with van der Waals surface area (Å²) >= 11 is 0. The van der Waals surface area contributed by atoms with E-state index < -0.39 is 5.97 Å². The number of halogens is 1. The van der Waals surface area contributed by atoms with Gasteiger partial charge in [0.15, 0.2) is 0 Å². The van der Waals surface area contributed by atoms with Crippen LogP contribution in [0.4, 0.5) is 4.39 Å². The molecule has 2 rings (SSSR count). The van der Waals surface area contributed by atoms with Crippen LogP contribution >= 0.6 is 0 Å². The molecule has 0 radical (unpaired) electrons. The van der Waals surface area contributed by atoms with Crippen molar-refractivity contribution in [3.05, 3.63) is 65.2 Å². The van der Waals surface area contributed by atoms with E-state index in [9.17, 15) is 9.18 Å². The van der Waals surface area contributed by atoms with Gasteiger partial charge in [0.2, 0.25) is 0 Å². The van der Waals surface area contributed by atoms with Crippen LogP contribution in [0.5, 0.6) is 0 Å². The summed E-state index contributed by atoms with van der Waals surface area (Å²) in [6.45, 7) is 1.38. The fraction of sp³-hybridized carbons (Fsp3) is 0.250. The number of nitrogens with zero attached hydrogens (tertiary/aromatic N) is 1. The molecule has 0 aliphatic carbocycles. The Labute approximate surface area is 123 Å². The molecule has 0 atom stereocenters. The van der Waals surface area contributed by atoms with Gasteiger partial charge in [0.1, 0.15) is 11.5 Å². The Hall–Kier alpha value is -2.27. The normalized spacial score (nSPS) is 10.4. The average molecular weight is 288 g/mol. The predicted octanol–water partition coefficient (Wildman–Crippen LogP) is 2.34. The maximum Gasteiger partial charge on any atom is 0.356 e. The summed E-state index contributed by atoms with van der Waals surface area (Å²) in [6, 6.07) is 11.7. The summed E-state index contributed by atoms with van der Waals surface area (Å²) in [5.74, 6) is -0.668. The lowest BCUT2D eigenvalue weighted by Gasteiger charge is -2.06. The van der Waals surface area contributed by atoms with E-state index in [-0.39, 0.29) is 5.82 Å². The topological polar surface area (TPSA) is 51.2 Å². The Morgan fingerprint density at radius 3 is 2.71 bits per heavy atom. The van der Waals surface area contributed by atoms with Gasteiger partial charge in [0, 0.05) is 25.2 Å².